The molecule has 1 fully saturated rings. The van der Waals surface area contributed by atoms with Crippen LogP contribution in [0.3, 0.4) is 0 Å². The number of hydrogen-bond acceptors (Lipinski definition) is 0. The first-order chi connectivity index (χ1) is 8.38. The summed E-state index contributed by atoms with van der Waals surface area (Å²) in [4.78, 5) is 0. The van der Waals surface area contributed by atoms with E-state index >= 15 is 0 Å². The van der Waals surface area contributed by atoms with Crippen LogP contribution in [0.15, 0.2) is 60.7 Å². The summed E-state index contributed by atoms with van der Waals surface area (Å²) < 4.78 is 0. The van der Waals surface area contributed by atoms with Crippen molar-refractivity contribution < 1.29 is 0 Å². The van der Waals surface area contributed by atoms with E-state index < -0.39 is 0 Å². The Kier molecular flexibility index (Phi) is 2.27. The molecule has 0 aliphatic heterocycles. The first kappa shape index (κ1) is 10.2. The van der Waals surface area contributed by atoms with Gasteiger partial charge in [0.1, 0.15) is 0 Å². The van der Waals surface area contributed by atoms with Crippen molar-refractivity contribution in [3.8, 4) is 12.3 Å². The van der Waals surface area contributed by atoms with Gasteiger partial charge in [-0.05, 0) is 17.5 Å². The molecule has 0 aromatic heterocycles. The third kappa shape index (κ3) is 1.47. The summed E-state index contributed by atoms with van der Waals surface area (Å²) in [5, 5.41) is 0. The van der Waals surface area contributed by atoms with Crippen molar-refractivity contribution in [2.75, 3.05) is 0 Å². The molecule has 0 spiro atoms. The molecule has 0 amide bonds. The number of rotatable bonds is 2. The van der Waals surface area contributed by atoms with Crippen molar-refractivity contribution >= 4 is 0 Å². The zero-order valence-corrected chi connectivity index (χ0v) is 9.64. The summed E-state index contributed by atoms with van der Waals surface area (Å²) in [6, 6.07) is 21.2. The molecule has 0 radical (unpaired) electrons. The number of benzene rings is 2. The Labute approximate surface area is 102 Å². The first-order valence-corrected chi connectivity index (χ1v) is 5.95. The summed E-state index contributed by atoms with van der Waals surface area (Å²) >= 11 is 0. The van der Waals surface area contributed by atoms with Crippen molar-refractivity contribution in [2.24, 2.45) is 5.92 Å². The Bertz CT molecular complexity index is 506. The van der Waals surface area contributed by atoms with Crippen LogP contribution in [0, 0.1) is 18.3 Å². The molecule has 0 N–H and O–H groups in total. The molecule has 1 unspecified atom stereocenters. The lowest BCUT2D eigenvalue weighted by atomic mass is 9.86. The summed E-state index contributed by atoms with van der Waals surface area (Å²) in [7, 11) is 0. The third-order valence-electron chi connectivity index (χ3n) is 3.74. The molecule has 0 bridgehead atoms. The fourth-order valence-corrected chi connectivity index (χ4v) is 2.74. The van der Waals surface area contributed by atoms with Crippen LogP contribution in [0.2, 0.25) is 0 Å². The smallest absolute Gasteiger partial charge is 0.0352 e. The average molecular weight is 218 g/mol. The van der Waals surface area contributed by atoms with Crippen molar-refractivity contribution in [2.45, 2.75) is 11.8 Å². The van der Waals surface area contributed by atoms with E-state index in [0.29, 0.717) is 5.92 Å². The van der Waals surface area contributed by atoms with Gasteiger partial charge >= 0.3 is 0 Å². The summed E-state index contributed by atoms with van der Waals surface area (Å²) in [5.41, 5.74) is 2.75. The molecule has 0 heterocycles. The maximum atomic E-state index is 5.63. The van der Waals surface area contributed by atoms with Gasteiger partial charge in [0.2, 0.25) is 0 Å². The third-order valence-corrected chi connectivity index (χ3v) is 3.74. The van der Waals surface area contributed by atoms with Gasteiger partial charge in [-0.25, -0.2) is 0 Å². The highest BCUT2D eigenvalue weighted by atomic mass is 14.6. The van der Waals surface area contributed by atoms with E-state index in [1.54, 1.807) is 0 Å². The molecule has 17 heavy (non-hydrogen) atoms. The van der Waals surface area contributed by atoms with Gasteiger partial charge in [0.25, 0.3) is 0 Å². The van der Waals surface area contributed by atoms with Crippen molar-refractivity contribution in [3.05, 3.63) is 71.8 Å². The minimum atomic E-state index is 0.0667. The van der Waals surface area contributed by atoms with E-state index in [9.17, 15) is 0 Å². The van der Waals surface area contributed by atoms with Gasteiger partial charge in [-0.15, -0.1) is 12.3 Å². The molecule has 2 aromatic rings. The van der Waals surface area contributed by atoms with Crippen LogP contribution in [0.25, 0.3) is 0 Å². The molecule has 82 valence electrons. The molecule has 0 heteroatoms. The first-order valence-electron chi connectivity index (χ1n) is 5.95. The van der Waals surface area contributed by atoms with Crippen LogP contribution in [-0.4, -0.2) is 0 Å². The molecule has 1 saturated carbocycles. The average Bonchev–Trinajstić information content (AvgIpc) is 3.17. The largest absolute Gasteiger partial charge is 0.120 e. The Morgan fingerprint density at radius 1 is 0.882 bits per heavy atom. The maximum absolute atomic E-state index is 5.63. The zero-order valence-electron chi connectivity index (χ0n) is 9.64. The summed E-state index contributed by atoms with van der Waals surface area (Å²) in [5.74, 6) is 3.27. The van der Waals surface area contributed by atoms with Gasteiger partial charge in [0, 0.05) is 11.3 Å². The van der Waals surface area contributed by atoms with E-state index in [2.05, 4.69) is 66.6 Å². The maximum Gasteiger partial charge on any atom is 0.0352 e. The van der Waals surface area contributed by atoms with Crippen molar-refractivity contribution in [3.63, 3.8) is 0 Å². The van der Waals surface area contributed by atoms with Gasteiger partial charge in [-0.3, -0.25) is 0 Å². The molecular formula is C17H14. The SMILES string of the molecule is C#CC1CC1(c1ccccc1)c1ccccc1. The molecule has 2 aromatic carbocycles. The summed E-state index contributed by atoms with van der Waals surface area (Å²) in [6.07, 6.45) is 6.70. The van der Waals surface area contributed by atoms with Crippen LogP contribution in [-0.2, 0) is 5.41 Å². The van der Waals surface area contributed by atoms with Gasteiger partial charge < -0.3 is 0 Å². The second-order valence-electron chi connectivity index (χ2n) is 4.63. The van der Waals surface area contributed by atoms with Crippen LogP contribution in [0.1, 0.15) is 17.5 Å². The van der Waals surface area contributed by atoms with E-state index in [1.165, 1.54) is 11.1 Å². The predicted molar refractivity (Wildman–Crippen MR) is 70.6 cm³/mol. The fourth-order valence-electron chi connectivity index (χ4n) is 2.74. The molecule has 0 saturated heterocycles. The van der Waals surface area contributed by atoms with Gasteiger partial charge in [-0.2, -0.15) is 0 Å². The zero-order chi connectivity index (χ0) is 11.7. The highest BCUT2D eigenvalue weighted by Crippen LogP contribution is 2.58. The quantitative estimate of drug-likeness (QED) is 0.675. The fraction of sp³-hybridized carbons (Fsp3) is 0.176. The van der Waals surface area contributed by atoms with Gasteiger partial charge in [-0.1, -0.05) is 60.7 Å². The topological polar surface area (TPSA) is 0 Å². The standard InChI is InChI=1S/C17H14/c1-2-14-13-17(14,15-9-5-3-6-10-15)16-11-7-4-8-12-16/h1,3-12,14H,13H2. The van der Waals surface area contributed by atoms with Crippen LogP contribution < -0.4 is 0 Å². The lowest BCUT2D eigenvalue weighted by molar-refractivity contribution is 0.801. The Hall–Kier alpha value is -2.00. The van der Waals surface area contributed by atoms with Gasteiger partial charge in [0.15, 0.2) is 0 Å². The van der Waals surface area contributed by atoms with Crippen LogP contribution in [0.5, 0.6) is 0 Å². The molecule has 3 rings (SSSR count). The monoisotopic (exact) mass is 218 g/mol. The molecule has 1 aliphatic rings. The molecule has 1 aliphatic carbocycles. The predicted octanol–water partition coefficient (Wildman–Crippen LogP) is 3.63. The molecule has 1 atom stereocenters. The lowest BCUT2D eigenvalue weighted by Gasteiger charge is -2.17. The second kappa shape index (κ2) is 3.79. The van der Waals surface area contributed by atoms with E-state index in [0.717, 1.165) is 6.42 Å². The van der Waals surface area contributed by atoms with E-state index in [1.807, 2.05) is 0 Å². The Morgan fingerprint density at radius 2 is 1.35 bits per heavy atom. The Morgan fingerprint density at radius 3 is 1.71 bits per heavy atom. The van der Waals surface area contributed by atoms with E-state index in [-0.39, 0.29) is 5.41 Å². The van der Waals surface area contributed by atoms with Crippen molar-refractivity contribution in [1.29, 1.82) is 0 Å². The highest BCUT2D eigenvalue weighted by Gasteiger charge is 2.55. The number of hydrogen-bond donors (Lipinski definition) is 0. The van der Waals surface area contributed by atoms with Crippen molar-refractivity contribution in [1.82, 2.24) is 0 Å². The lowest BCUT2D eigenvalue weighted by Crippen LogP contribution is -2.11. The second-order valence-corrected chi connectivity index (χ2v) is 4.63. The molecule has 0 nitrogen and oxygen atoms in total. The number of terminal acetylenes is 1. The minimum absolute atomic E-state index is 0.0667. The van der Waals surface area contributed by atoms with Crippen LogP contribution >= 0.6 is 0 Å². The highest BCUT2D eigenvalue weighted by molar-refractivity contribution is 5.49. The molecular weight excluding hydrogens is 204 g/mol. The van der Waals surface area contributed by atoms with Gasteiger partial charge in [0.05, 0.1) is 0 Å². The van der Waals surface area contributed by atoms with E-state index in [4.69, 9.17) is 6.42 Å². The Balaban J connectivity index is 2.12. The normalized spacial score (nSPS) is 20.5. The van der Waals surface area contributed by atoms with Crippen LogP contribution in [0.4, 0.5) is 0 Å². The minimum Gasteiger partial charge on any atom is -0.120 e. The summed E-state index contributed by atoms with van der Waals surface area (Å²) in [6.45, 7) is 0.